The van der Waals surface area contributed by atoms with Gasteiger partial charge < -0.3 is 10.1 Å². The molecule has 15 heavy (non-hydrogen) atoms. The first-order valence-corrected chi connectivity index (χ1v) is 6.33. The Kier molecular flexibility index (Phi) is 4.00. The number of morpholine rings is 1. The predicted octanol–water partition coefficient (Wildman–Crippen LogP) is 1.10. The second-order valence-corrected chi connectivity index (χ2v) is 5.13. The Morgan fingerprint density at radius 2 is 2.00 bits per heavy atom. The maximum atomic E-state index is 5.80. The smallest absolute Gasteiger partial charge is 0.0725 e. The molecule has 0 aromatic heterocycles. The van der Waals surface area contributed by atoms with Crippen molar-refractivity contribution in [1.29, 1.82) is 0 Å². The molecule has 1 unspecified atom stereocenters. The lowest BCUT2D eigenvalue weighted by atomic mass is 10.0. The summed E-state index contributed by atoms with van der Waals surface area (Å²) in [5.74, 6) is 0.648. The van der Waals surface area contributed by atoms with Crippen molar-refractivity contribution < 1.29 is 4.74 Å². The summed E-state index contributed by atoms with van der Waals surface area (Å²) in [5, 5.41) is 3.43. The largest absolute Gasteiger partial charge is 0.375 e. The van der Waals surface area contributed by atoms with Gasteiger partial charge in [-0.15, -0.1) is 0 Å². The fraction of sp³-hybridized carbons (Fsp3) is 1.00. The van der Waals surface area contributed by atoms with Crippen molar-refractivity contribution in [2.75, 3.05) is 32.8 Å². The summed E-state index contributed by atoms with van der Waals surface area (Å²) in [5.41, 5.74) is 0. The summed E-state index contributed by atoms with van der Waals surface area (Å²) < 4.78 is 5.80. The number of nitrogens with zero attached hydrogens (tertiary/aromatic N) is 1. The molecule has 0 aliphatic carbocycles. The number of rotatable bonds is 2. The number of nitrogens with one attached hydrogen (secondary N) is 1. The van der Waals surface area contributed by atoms with E-state index in [1.165, 1.54) is 25.9 Å². The topological polar surface area (TPSA) is 24.5 Å². The first kappa shape index (κ1) is 11.4. The van der Waals surface area contributed by atoms with E-state index in [0.717, 1.165) is 25.7 Å². The van der Waals surface area contributed by atoms with Crippen LogP contribution in [0, 0.1) is 5.92 Å². The van der Waals surface area contributed by atoms with Crippen molar-refractivity contribution in [1.82, 2.24) is 10.2 Å². The van der Waals surface area contributed by atoms with E-state index in [4.69, 9.17) is 4.74 Å². The Morgan fingerprint density at radius 1 is 1.27 bits per heavy atom. The highest BCUT2D eigenvalue weighted by Gasteiger charge is 2.28. The molecule has 0 aromatic carbocycles. The third-order valence-corrected chi connectivity index (χ3v) is 3.69. The van der Waals surface area contributed by atoms with Gasteiger partial charge in [0.15, 0.2) is 0 Å². The molecule has 0 bridgehead atoms. The van der Waals surface area contributed by atoms with Crippen LogP contribution in [0.3, 0.4) is 0 Å². The SMILES string of the molecule is CC(C)C1CN(C2CCNCC2)CCO1. The van der Waals surface area contributed by atoms with Crippen LogP contribution in [0.2, 0.25) is 0 Å². The minimum absolute atomic E-state index is 0.452. The van der Waals surface area contributed by atoms with Crippen molar-refractivity contribution in [3.8, 4) is 0 Å². The van der Waals surface area contributed by atoms with E-state index in [2.05, 4.69) is 24.1 Å². The van der Waals surface area contributed by atoms with Gasteiger partial charge in [0.25, 0.3) is 0 Å². The van der Waals surface area contributed by atoms with Gasteiger partial charge in [0, 0.05) is 19.1 Å². The van der Waals surface area contributed by atoms with E-state index in [1.54, 1.807) is 0 Å². The molecule has 2 saturated heterocycles. The molecule has 2 aliphatic rings. The lowest BCUT2D eigenvalue weighted by molar-refractivity contribution is -0.0664. The first-order chi connectivity index (χ1) is 7.27. The second-order valence-electron chi connectivity index (χ2n) is 5.13. The first-order valence-electron chi connectivity index (χ1n) is 6.33. The Balaban J connectivity index is 1.85. The summed E-state index contributed by atoms with van der Waals surface area (Å²) >= 11 is 0. The molecule has 1 N–H and O–H groups in total. The van der Waals surface area contributed by atoms with E-state index < -0.39 is 0 Å². The Labute approximate surface area is 93.2 Å². The van der Waals surface area contributed by atoms with Gasteiger partial charge in [-0.2, -0.15) is 0 Å². The van der Waals surface area contributed by atoms with Gasteiger partial charge in [0.05, 0.1) is 12.7 Å². The fourth-order valence-electron chi connectivity index (χ4n) is 2.60. The van der Waals surface area contributed by atoms with Crippen LogP contribution in [-0.2, 0) is 4.74 Å². The van der Waals surface area contributed by atoms with Crippen LogP contribution in [0.5, 0.6) is 0 Å². The van der Waals surface area contributed by atoms with Crippen LogP contribution >= 0.6 is 0 Å². The second kappa shape index (κ2) is 5.28. The number of hydrogen-bond donors (Lipinski definition) is 1. The van der Waals surface area contributed by atoms with Crippen molar-refractivity contribution in [3.63, 3.8) is 0 Å². The van der Waals surface area contributed by atoms with E-state index in [1.807, 2.05) is 0 Å². The zero-order valence-corrected chi connectivity index (χ0v) is 10.0. The van der Waals surface area contributed by atoms with Crippen LogP contribution in [0.15, 0.2) is 0 Å². The number of hydrogen-bond acceptors (Lipinski definition) is 3. The zero-order chi connectivity index (χ0) is 10.7. The predicted molar refractivity (Wildman–Crippen MR) is 62.0 cm³/mol. The molecule has 0 amide bonds. The minimum Gasteiger partial charge on any atom is -0.375 e. The molecule has 88 valence electrons. The highest BCUT2D eigenvalue weighted by Crippen LogP contribution is 2.19. The quantitative estimate of drug-likeness (QED) is 0.742. The van der Waals surface area contributed by atoms with Gasteiger partial charge in [-0.3, -0.25) is 4.90 Å². The lowest BCUT2D eigenvalue weighted by Crippen LogP contribution is -2.52. The number of ether oxygens (including phenoxy) is 1. The monoisotopic (exact) mass is 212 g/mol. The average molecular weight is 212 g/mol. The van der Waals surface area contributed by atoms with Crippen LogP contribution < -0.4 is 5.32 Å². The van der Waals surface area contributed by atoms with Gasteiger partial charge in [-0.05, 0) is 31.8 Å². The third-order valence-electron chi connectivity index (χ3n) is 3.69. The highest BCUT2D eigenvalue weighted by atomic mass is 16.5. The van der Waals surface area contributed by atoms with E-state index in [-0.39, 0.29) is 0 Å². The normalized spacial score (nSPS) is 31.0. The molecule has 1 atom stereocenters. The van der Waals surface area contributed by atoms with Crippen LogP contribution in [0.1, 0.15) is 26.7 Å². The highest BCUT2D eigenvalue weighted by molar-refractivity contribution is 4.82. The molecule has 3 heteroatoms. The molecule has 2 rings (SSSR count). The van der Waals surface area contributed by atoms with E-state index in [9.17, 15) is 0 Å². The Morgan fingerprint density at radius 3 is 2.67 bits per heavy atom. The van der Waals surface area contributed by atoms with Crippen molar-refractivity contribution in [2.45, 2.75) is 38.8 Å². The third kappa shape index (κ3) is 2.92. The van der Waals surface area contributed by atoms with Crippen molar-refractivity contribution in [3.05, 3.63) is 0 Å². The van der Waals surface area contributed by atoms with Gasteiger partial charge in [0.1, 0.15) is 0 Å². The summed E-state index contributed by atoms with van der Waals surface area (Å²) in [7, 11) is 0. The maximum absolute atomic E-state index is 5.80. The van der Waals surface area contributed by atoms with E-state index >= 15 is 0 Å². The molecule has 2 fully saturated rings. The van der Waals surface area contributed by atoms with Crippen LogP contribution in [0.25, 0.3) is 0 Å². The summed E-state index contributed by atoms with van der Waals surface area (Å²) in [6.45, 7) is 10.1. The molecule has 3 nitrogen and oxygen atoms in total. The van der Waals surface area contributed by atoms with Crippen molar-refractivity contribution in [2.24, 2.45) is 5.92 Å². The maximum Gasteiger partial charge on any atom is 0.0725 e. The summed E-state index contributed by atoms with van der Waals surface area (Å²) in [4.78, 5) is 2.65. The van der Waals surface area contributed by atoms with Gasteiger partial charge >= 0.3 is 0 Å². The van der Waals surface area contributed by atoms with Gasteiger partial charge in [0.2, 0.25) is 0 Å². The van der Waals surface area contributed by atoms with Gasteiger partial charge in [-0.25, -0.2) is 0 Å². The summed E-state index contributed by atoms with van der Waals surface area (Å²) in [6, 6.07) is 0.802. The number of piperidine rings is 1. The summed E-state index contributed by atoms with van der Waals surface area (Å²) in [6.07, 6.45) is 3.07. The molecule has 0 radical (unpaired) electrons. The van der Waals surface area contributed by atoms with Crippen molar-refractivity contribution >= 4 is 0 Å². The molecule has 0 saturated carbocycles. The van der Waals surface area contributed by atoms with Gasteiger partial charge in [-0.1, -0.05) is 13.8 Å². The molecule has 0 aromatic rings. The minimum atomic E-state index is 0.452. The zero-order valence-electron chi connectivity index (χ0n) is 10.0. The molecular formula is C12H24N2O. The lowest BCUT2D eigenvalue weighted by Gasteiger charge is -2.41. The molecule has 2 heterocycles. The van der Waals surface area contributed by atoms with E-state index in [0.29, 0.717) is 12.0 Å². The Bertz CT molecular complexity index is 190. The average Bonchev–Trinajstić information content (AvgIpc) is 2.30. The van der Waals surface area contributed by atoms with Crippen LogP contribution in [-0.4, -0.2) is 49.8 Å². The fourth-order valence-corrected chi connectivity index (χ4v) is 2.60. The molecule has 2 aliphatic heterocycles. The molecule has 0 spiro atoms. The van der Waals surface area contributed by atoms with Crippen LogP contribution in [0.4, 0.5) is 0 Å². The Hall–Kier alpha value is -0.120. The standard InChI is InChI=1S/C12H24N2O/c1-10(2)12-9-14(7-8-15-12)11-3-5-13-6-4-11/h10-13H,3-9H2,1-2H3. The molecular weight excluding hydrogens is 188 g/mol.